The van der Waals surface area contributed by atoms with Crippen molar-refractivity contribution >= 4 is 10.9 Å². The molecule has 0 aliphatic heterocycles. The average Bonchev–Trinajstić information content (AvgIpc) is 2.92. The van der Waals surface area contributed by atoms with Crippen LogP contribution in [0.4, 0.5) is 4.39 Å². The molecule has 2 nitrogen and oxygen atoms in total. The Bertz CT molecular complexity index is 773. The van der Waals surface area contributed by atoms with Crippen LogP contribution < -0.4 is 0 Å². The highest BCUT2D eigenvalue weighted by Crippen LogP contribution is 2.31. The minimum absolute atomic E-state index is 0.0758. The number of H-pyrrole nitrogens is 1. The van der Waals surface area contributed by atoms with Crippen molar-refractivity contribution in [2.45, 2.75) is 40.0 Å². The molecule has 2 aromatic carbocycles. The molecule has 0 saturated heterocycles. The lowest BCUT2D eigenvalue weighted by atomic mass is 9.86. The van der Waals surface area contributed by atoms with E-state index in [1.807, 2.05) is 32.0 Å². The number of hydrogen-bond donors (Lipinski definition) is 2. The number of phenolic OH excluding ortho intramolecular Hbond substituents is 1. The molecule has 122 valence electrons. The molecule has 3 heteroatoms. The maximum atomic E-state index is 13.4. The lowest BCUT2D eigenvalue weighted by Crippen LogP contribution is -2.10. The first-order valence-electron chi connectivity index (χ1n) is 7.97. The zero-order chi connectivity index (χ0) is 17.2. The number of aromatic nitrogens is 1. The van der Waals surface area contributed by atoms with Gasteiger partial charge in [-0.2, -0.15) is 0 Å². The number of halogens is 1. The molecule has 0 radical (unpaired) electrons. The average molecular weight is 313 g/mol. The standard InChI is InChI=1S/C18H18FNO.C2H6/c1-18(2,3)13-6-4-5-11(7-13)15-8-12-9-17(21)14(19)10-16(12)20-15;1-2/h4-10,20-21H,1-3H3;1-2H3. The molecule has 0 spiro atoms. The Morgan fingerprint density at radius 1 is 1.00 bits per heavy atom. The third-order valence-corrected chi connectivity index (χ3v) is 3.73. The van der Waals surface area contributed by atoms with E-state index in [-0.39, 0.29) is 11.2 Å². The van der Waals surface area contributed by atoms with Gasteiger partial charge in [-0.25, -0.2) is 4.39 Å². The third-order valence-electron chi connectivity index (χ3n) is 3.73. The molecule has 0 atom stereocenters. The van der Waals surface area contributed by atoms with Gasteiger partial charge in [-0.3, -0.25) is 0 Å². The van der Waals surface area contributed by atoms with E-state index in [9.17, 15) is 9.50 Å². The fourth-order valence-corrected chi connectivity index (χ4v) is 2.45. The molecule has 3 rings (SSSR count). The molecule has 2 N–H and O–H groups in total. The van der Waals surface area contributed by atoms with Gasteiger partial charge < -0.3 is 10.1 Å². The van der Waals surface area contributed by atoms with Gasteiger partial charge in [-0.1, -0.05) is 52.8 Å². The van der Waals surface area contributed by atoms with Gasteiger partial charge in [0.15, 0.2) is 11.6 Å². The predicted molar refractivity (Wildman–Crippen MR) is 95.4 cm³/mol. The maximum Gasteiger partial charge on any atom is 0.166 e. The van der Waals surface area contributed by atoms with Crippen molar-refractivity contribution in [1.82, 2.24) is 4.98 Å². The Labute approximate surface area is 137 Å². The fraction of sp³-hybridized carbons (Fsp3) is 0.300. The third kappa shape index (κ3) is 3.55. The van der Waals surface area contributed by atoms with Gasteiger partial charge in [-0.15, -0.1) is 0 Å². The highest BCUT2D eigenvalue weighted by atomic mass is 19.1. The molecule has 0 amide bonds. The quantitative estimate of drug-likeness (QED) is 0.567. The number of phenols is 1. The molecule has 0 unspecified atom stereocenters. The van der Waals surface area contributed by atoms with E-state index in [4.69, 9.17) is 0 Å². The summed E-state index contributed by atoms with van der Waals surface area (Å²) in [6.45, 7) is 10.5. The number of hydrogen-bond acceptors (Lipinski definition) is 1. The molecule has 1 heterocycles. The van der Waals surface area contributed by atoms with E-state index in [2.05, 4.69) is 37.9 Å². The number of aromatic hydroxyl groups is 1. The lowest BCUT2D eigenvalue weighted by Gasteiger charge is -2.19. The van der Waals surface area contributed by atoms with Crippen molar-refractivity contribution < 1.29 is 9.50 Å². The first-order valence-corrected chi connectivity index (χ1v) is 7.97. The Morgan fingerprint density at radius 2 is 1.70 bits per heavy atom. The van der Waals surface area contributed by atoms with Crippen molar-refractivity contribution in [3.05, 3.63) is 53.8 Å². The Morgan fingerprint density at radius 3 is 2.35 bits per heavy atom. The molecule has 1 aromatic heterocycles. The van der Waals surface area contributed by atoms with Crippen LogP contribution in [-0.2, 0) is 5.41 Å². The van der Waals surface area contributed by atoms with Crippen LogP contribution in [0.2, 0.25) is 0 Å². The molecule has 3 aromatic rings. The highest BCUT2D eigenvalue weighted by Gasteiger charge is 2.15. The van der Waals surface area contributed by atoms with Crippen LogP contribution >= 0.6 is 0 Å². The Balaban J connectivity index is 0.000000924. The summed E-state index contributed by atoms with van der Waals surface area (Å²) in [5, 5.41) is 10.3. The molecular formula is C20H24FNO. The van der Waals surface area contributed by atoms with Crippen LogP contribution in [0.3, 0.4) is 0 Å². The van der Waals surface area contributed by atoms with E-state index >= 15 is 0 Å². The first kappa shape index (κ1) is 17.1. The largest absolute Gasteiger partial charge is 0.505 e. The Hall–Kier alpha value is -2.29. The van der Waals surface area contributed by atoms with Gasteiger partial charge in [0.1, 0.15) is 0 Å². The second-order valence-electron chi connectivity index (χ2n) is 6.40. The van der Waals surface area contributed by atoms with Gasteiger partial charge in [0.05, 0.1) is 0 Å². The van der Waals surface area contributed by atoms with Crippen LogP contribution in [0.5, 0.6) is 5.75 Å². The van der Waals surface area contributed by atoms with E-state index in [0.717, 1.165) is 16.6 Å². The van der Waals surface area contributed by atoms with Crippen molar-refractivity contribution in [2.24, 2.45) is 0 Å². The fourth-order valence-electron chi connectivity index (χ4n) is 2.45. The van der Waals surface area contributed by atoms with Crippen LogP contribution in [-0.4, -0.2) is 10.1 Å². The minimum Gasteiger partial charge on any atom is -0.505 e. The molecule has 0 bridgehead atoms. The second-order valence-corrected chi connectivity index (χ2v) is 6.40. The van der Waals surface area contributed by atoms with Crippen LogP contribution in [0.1, 0.15) is 40.2 Å². The summed E-state index contributed by atoms with van der Waals surface area (Å²) < 4.78 is 13.4. The topological polar surface area (TPSA) is 36.0 Å². The van der Waals surface area contributed by atoms with Crippen LogP contribution in [0.25, 0.3) is 22.2 Å². The maximum absolute atomic E-state index is 13.4. The van der Waals surface area contributed by atoms with Crippen molar-refractivity contribution in [1.29, 1.82) is 0 Å². The van der Waals surface area contributed by atoms with Gasteiger partial charge in [0.25, 0.3) is 0 Å². The Kier molecular flexibility index (Phi) is 4.79. The molecular weight excluding hydrogens is 289 g/mol. The number of benzene rings is 2. The number of rotatable bonds is 1. The van der Waals surface area contributed by atoms with E-state index in [1.165, 1.54) is 17.7 Å². The zero-order valence-corrected chi connectivity index (χ0v) is 14.4. The summed E-state index contributed by atoms with van der Waals surface area (Å²) >= 11 is 0. The monoisotopic (exact) mass is 313 g/mol. The first-order chi connectivity index (χ1) is 10.8. The van der Waals surface area contributed by atoms with Crippen molar-refractivity contribution in [3.63, 3.8) is 0 Å². The summed E-state index contributed by atoms with van der Waals surface area (Å²) in [7, 11) is 0. The zero-order valence-electron chi connectivity index (χ0n) is 14.4. The van der Waals surface area contributed by atoms with E-state index in [1.54, 1.807) is 0 Å². The van der Waals surface area contributed by atoms with Gasteiger partial charge in [0, 0.05) is 22.7 Å². The molecule has 0 saturated carbocycles. The van der Waals surface area contributed by atoms with Gasteiger partial charge >= 0.3 is 0 Å². The normalized spacial score (nSPS) is 11.2. The summed E-state index contributed by atoms with van der Waals surface area (Å²) in [6, 6.07) is 13.0. The van der Waals surface area contributed by atoms with Crippen LogP contribution in [0, 0.1) is 5.82 Å². The molecule has 0 fully saturated rings. The summed E-state index contributed by atoms with van der Waals surface area (Å²) in [5.74, 6) is -0.934. The second kappa shape index (κ2) is 6.45. The summed E-state index contributed by atoms with van der Waals surface area (Å²) in [6.07, 6.45) is 0. The summed E-state index contributed by atoms with van der Waals surface area (Å²) in [4.78, 5) is 3.21. The lowest BCUT2D eigenvalue weighted by molar-refractivity contribution is 0.433. The minimum atomic E-state index is -0.612. The van der Waals surface area contributed by atoms with Gasteiger partial charge in [0.2, 0.25) is 0 Å². The number of nitrogens with one attached hydrogen (secondary N) is 1. The molecule has 0 aliphatic rings. The van der Waals surface area contributed by atoms with E-state index in [0.29, 0.717) is 5.52 Å². The summed E-state index contributed by atoms with van der Waals surface area (Å²) in [5.41, 5.74) is 3.97. The van der Waals surface area contributed by atoms with Crippen LogP contribution in [0.15, 0.2) is 42.5 Å². The SMILES string of the molecule is CC.CC(C)(C)c1cccc(-c2cc3cc(O)c(F)cc3[nH]2)c1. The van der Waals surface area contributed by atoms with Crippen molar-refractivity contribution in [3.8, 4) is 17.0 Å². The smallest absolute Gasteiger partial charge is 0.166 e. The van der Waals surface area contributed by atoms with Crippen molar-refractivity contribution in [2.75, 3.05) is 0 Å². The molecule has 0 aliphatic carbocycles. The number of fused-ring (bicyclic) bond motifs is 1. The molecule has 23 heavy (non-hydrogen) atoms. The van der Waals surface area contributed by atoms with E-state index < -0.39 is 5.82 Å². The van der Waals surface area contributed by atoms with Gasteiger partial charge in [-0.05, 0) is 34.7 Å². The predicted octanol–water partition coefficient (Wildman–Crippen LogP) is 6.00. The number of aromatic amines is 1. The highest BCUT2D eigenvalue weighted by molar-refractivity contribution is 5.87.